The third kappa shape index (κ3) is 2.77. The zero-order valence-corrected chi connectivity index (χ0v) is 12.5. The number of nitrogen functional groups attached to an aromatic ring is 1. The van der Waals surface area contributed by atoms with Crippen molar-refractivity contribution >= 4 is 39.7 Å². The molecule has 2 rings (SSSR count). The molecule has 0 unspecified atom stereocenters. The number of anilines is 3. The van der Waals surface area contributed by atoms with Crippen molar-refractivity contribution in [3.8, 4) is 5.75 Å². The minimum atomic E-state index is -1.29. The lowest BCUT2D eigenvalue weighted by Gasteiger charge is -2.13. The Hall–Kier alpha value is -1.64. The number of hydrogen-bond donors (Lipinski definition) is 2. The van der Waals surface area contributed by atoms with Crippen molar-refractivity contribution in [1.29, 1.82) is 0 Å². The first-order valence-corrected chi connectivity index (χ1v) is 6.55. The lowest BCUT2D eigenvalue weighted by atomic mass is 10.2. The molecule has 0 aromatic heterocycles. The van der Waals surface area contributed by atoms with Crippen LogP contribution in [0.25, 0.3) is 0 Å². The van der Waals surface area contributed by atoms with Gasteiger partial charge in [0, 0.05) is 6.07 Å². The molecule has 7 heteroatoms. The molecule has 3 N–H and O–H groups in total. The molecule has 3 nitrogen and oxygen atoms in total. The third-order valence-corrected chi connectivity index (χ3v) is 3.42. The summed E-state index contributed by atoms with van der Waals surface area (Å²) in [7, 11) is 1.45. The minimum absolute atomic E-state index is 0.137. The molecular formula is C13H10F3IN2O. The van der Waals surface area contributed by atoms with Crippen LogP contribution in [0.3, 0.4) is 0 Å². The fourth-order valence-corrected chi connectivity index (χ4v) is 2.10. The number of halogens is 4. The first kappa shape index (κ1) is 14.8. The molecule has 0 amide bonds. The fourth-order valence-electron chi connectivity index (χ4n) is 1.59. The van der Waals surface area contributed by atoms with Gasteiger partial charge in [0.15, 0.2) is 17.5 Å². The van der Waals surface area contributed by atoms with E-state index in [2.05, 4.69) is 5.32 Å². The predicted octanol–water partition coefficient (Wildman–Crippen LogP) is 4.04. The first-order valence-electron chi connectivity index (χ1n) is 5.47. The number of methoxy groups -OCH3 is 1. The van der Waals surface area contributed by atoms with E-state index in [4.69, 9.17) is 10.5 Å². The number of ether oxygens (including phenoxy) is 1. The molecule has 0 aliphatic rings. The van der Waals surface area contributed by atoms with E-state index >= 15 is 0 Å². The van der Waals surface area contributed by atoms with Crippen LogP contribution in [0, 0.1) is 21.0 Å². The van der Waals surface area contributed by atoms with Crippen molar-refractivity contribution in [2.24, 2.45) is 0 Å². The van der Waals surface area contributed by atoms with Crippen LogP contribution in [0.4, 0.5) is 30.2 Å². The van der Waals surface area contributed by atoms with Crippen LogP contribution in [0.15, 0.2) is 24.3 Å². The highest BCUT2D eigenvalue weighted by atomic mass is 127. The maximum Gasteiger partial charge on any atom is 0.186 e. The third-order valence-electron chi connectivity index (χ3n) is 2.63. The van der Waals surface area contributed by atoms with Crippen LogP contribution < -0.4 is 15.8 Å². The van der Waals surface area contributed by atoms with Crippen LogP contribution in [0.5, 0.6) is 5.75 Å². The van der Waals surface area contributed by atoms with E-state index in [1.54, 1.807) is 6.07 Å². The maximum absolute atomic E-state index is 13.8. The Kier molecular flexibility index (Phi) is 4.26. The lowest BCUT2D eigenvalue weighted by Crippen LogP contribution is -2.04. The average Bonchev–Trinajstić information content (AvgIpc) is 2.43. The normalized spacial score (nSPS) is 10.4. The van der Waals surface area contributed by atoms with Crippen molar-refractivity contribution < 1.29 is 17.9 Å². The summed E-state index contributed by atoms with van der Waals surface area (Å²) in [6.07, 6.45) is 0. The Morgan fingerprint density at radius 1 is 1.15 bits per heavy atom. The van der Waals surface area contributed by atoms with E-state index < -0.39 is 23.1 Å². The second-order valence-corrected chi connectivity index (χ2v) is 5.08. The van der Waals surface area contributed by atoms with Gasteiger partial charge in [0.1, 0.15) is 11.4 Å². The molecule has 0 bridgehead atoms. The van der Waals surface area contributed by atoms with Crippen molar-refractivity contribution in [2.75, 3.05) is 18.2 Å². The molecule has 0 atom stereocenters. The van der Waals surface area contributed by atoms with Crippen LogP contribution in [0.1, 0.15) is 0 Å². The second kappa shape index (κ2) is 5.78. The van der Waals surface area contributed by atoms with Crippen LogP contribution in [0.2, 0.25) is 0 Å². The van der Waals surface area contributed by atoms with Gasteiger partial charge in [0.25, 0.3) is 0 Å². The number of benzene rings is 2. The molecule has 0 radical (unpaired) electrons. The summed E-state index contributed by atoms with van der Waals surface area (Å²) in [4.78, 5) is 0. The number of rotatable bonds is 3. The molecule has 0 saturated heterocycles. The number of nitrogens with two attached hydrogens (primary N) is 1. The number of nitrogens with one attached hydrogen (secondary N) is 1. The van der Waals surface area contributed by atoms with Gasteiger partial charge in [-0.1, -0.05) is 0 Å². The molecule has 0 saturated carbocycles. The van der Waals surface area contributed by atoms with Gasteiger partial charge < -0.3 is 15.8 Å². The Balaban J connectivity index is 2.47. The molecule has 0 heterocycles. The smallest absolute Gasteiger partial charge is 0.186 e. The molecule has 0 aliphatic heterocycles. The summed E-state index contributed by atoms with van der Waals surface area (Å²) in [5.41, 5.74) is 5.59. The molecule has 2 aromatic carbocycles. The van der Waals surface area contributed by atoms with Crippen molar-refractivity contribution in [3.05, 3.63) is 45.3 Å². The highest BCUT2D eigenvalue weighted by Crippen LogP contribution is 2.32. The quantitative estimate of drug-likeness (QED) is 0.358. The predicted molar refractivity (Wildman–Crippen MR) is 79.7 cm³/mol. The van der Waals surface area contributed by atoms with E-state index in [-0.39, 0.29) is 14.9 Å². The molecular weight excluding hydrogens is 384 g/mol. The number of hydrogen-bond acceptors (Lipinski definition) is 3. The van der Waals surface area contributed by atoms with Crippen molar-refractivity contribution in [2.45, 2.75) is 0 Å². The Labute approximate surface area is 127 Å². The van der Waals surface area contributed by atoms with Gasteiger partial charge in [0.05, 0.1) is 22.1 Å². The summed E-state index contributed by atoms with van der Waals surface area (Å²) < 4.78 is 45.8. The van der Waals surface area contributed by atoms with Gasteiger partial charge in [0.2, 0.25) is 0 Å². The van der Waals surface area contributed by atoms with Gasteiger partial charge in [-0.05, 0) is 40.8 Å². The van der Waals surface area contributed by atoms with E-state index in [0.717, 1.165) is 6.07 Å². The Morgan fingerprint density at radius 3 is 2.50 bits per heavy atom. The molecule has 2 aromatic rings. The van der Waals surface area contributed by atoms with Gasteiger partial charge >= 0.3 is 0 Å². The molecule has 0 aliphatic carbocycles. The monoisotopic (exact) mass is 394 g/mol. The van der Waals surface area contributed by atoms with E-state index in [0.29, 0.717) is 5.75 Å². The zero-order chi connectivity index (χ0) is 14.9. The highest BCUT2D eigenvalue weighted by molar-refractivity contribution is 14.1. The lowest BCUT2D eigenvalue weighted by molar-refractivity contribution is 0.415. The Morgan fingerprint density at radius 2 is 1.85 bits per heavy atom. The summed E-state index contributed by atoms with van der Waals surface area (Å²) >= 11 is 1.51. The van der Waals surface area contributed by atoms with E-state index in [1.807, 2.05) is 0 Å². The zero-order valence-electron chi connectivity index (χ0n) is 10.3. The molecule has 0 spiro atoms. The van der Waals surface area contributed by atoms with Crippen molar-refractivity contribution in [1.82, 2.24) is 0 Å². The fraction of sp³-hybridized carbons (Fsp3) is 0.0769. The molecule has 106 valence electrons. The van der Waals surface area contributed by atoms with Gasteiger partial charge in [-0.15, -0.1) is 0 Å². The largest absolute Gasteiger partial charge is 0.497 e. The highest BCUT2D eigenvalue weighted by Gasteiger charge is 2.18. The van der Waals surface area contributed by atoms with Crippen molar-refractivity contribution in [3.63, 3.8) is 0 Å². The summed E-state index contributed by atoms with van der Waals surface area (Å²) in [6.45, 7) is 0. The van der Waals surface area contributed by atoms with Gasteiger partial charge in [-0.25, -0.2) is 13.2 Å². The molecule has 20 heavy (non-hydrogen) atoms. The standard InChI is InChI=1S/C13H10F3IN2O/c1-20-6-2-3-9(18)10(4-6)19-13-7(14)5-8(17)11(15)12(13)16/h2-5,19H,18H2,1H3. The maximum atomic E-state index is 13.8. The Bertz CT molecular complexity index is 665. The summed E-state index contributed by atoms with van der Waals surface area (Å²) in [6, 6.07) is 5.48. The average molecular weight is 394 g/mol. The van der Waals surface area contributed by atoms with Gasteiger partial charge in [-0.2, -0.15) is 0 Å². The first-order chi connectivity index (χ1) is 9.43. The topological polar surface area (TPSA) is 47.3 Å². The van der Waals surface area contributed by atoms with Crippen LogP contribution in [-0.2, 0) is 0 Å². The second-order valence-electron chi connectivity index (χ2n) is 3.92. The van der Waals surface area contributed by atoms with Gasteiger partial charge in [-0.3, -0.25) is 0 Å². The van der Waals surface area contributed by atoms with E-state index in [1.165, 1.54) is 41.8 Å². The van der Waals surface area contributed by atoms with Crippen LogP contribution >= 0.6 is 22.6 Å². The summed E-state index contributed by atoms with van der Waals surface area (Å²) in [5, 5.41) is 2.45. The SMILES string of the molecule is COc1ccc(N)c(Nc2c(F)cc(I)c(F)c2F)c1. The van der Waals surface area contributed by atoms with E-state index in [9.17, 15) is 13.2 Å². The van der Waals surface area contributed by atoms with Crippen LogP contribution in [-0.4, -0.2) is 7.11 Å². The summed E-state index contributed by atoms with van der Waals surface area (Å²) in [5.74, 6) is -2.86. The molecule has 0 fully saturated rings. The minimum Gasteiger partial charge on any atom is -0.497 e.